The maximum atomic E-state index is 11.1. The molecule has 0 radical (unpaired) electrons. The fourth-order valence-corrected chi connectivity index (χ4v) is 0.205. The number of hydrogen-bond acceptors (Lipinski definition) is 0. The van der Waals surface area contributed by atoms with Crippen molar-refractivity contribution in [1.29, 1.82) is 0 Å². The molecule has 3 heteroatoms. The van der Waals surface area contributed by atoms with Crippen LogP contribution >= 0.6 is 0 Å². The van der Waals surface area contributed by atoms with Crippen LogP contribution in [0.1, 0.15) is 0 Å². The second kappa shape index (κ2) is 0.945. The molecule has 0 saturated carbocycles. The van der Waals surface area contributed by atoms with Crippen LogP contribution in [-0.2, 0) is 0 Å². The van der Waals surface area contributed by atoms with E-state index < -0.39 is 12.1 Å². The minimum Gasteiger partial charge on any atom is -0.169 e. The number of alkyl halides is 3. The molecule has 0 heterocycles. The van der Waals surface area contributed by atoms with Gasteiger partial charge in [0.25, 0.3) is 0 Å². The van der Waals surface area contributed by atoms with E-state index >= 15 is 0 Å². The lowest BCUT2D eigenvalue weighted by molar-refractivity contribution is -0.138. The van der Waals surface area contributed by atoms with Crippen LogP contribution in [0.5, 0.6) is 0 Å². The van der Waals surface area contributed by atoms with Crippen molar-refractivity contribution in [2.75, 3.05) is 0 Å². The van der Waals surface area contributed by atoms with Crippen molar-refractivity contribution in [1.82, 2.24) is 0 Å². The second-order valence-corrected chi connectivity index (χ2v) is 1.26. The molecular weight excluding hydrogens is 105 g/mol. The third kappa shape index (κ3) is 0.861. The molecule has 1 rings (SSSR count). The molecule has 0 fully saturated rings. The molecule has 0 N–H and O–H groups in total. The Bertz CT molecular complexity index is 125. The molecule has 0 spiro atoms. The highest BCUT2D eigenvalue weighted by Gasteiger charge is 2.42. The summed E-state index contributed by atoms with van der Waals surface area (Å²) in [7, 11) is 0. The molecule has 1 aliphatic carbocycles. The van der Waals surface area contributed by atoms with E-state index in [2.05, 4.69) is 0 Å². The minimum atomic E-state index is -4.11. The maximum Gasteiger partial charge on any atom is 0.413 e. The first-order valence-electron chi connectivity index (χ1n) is 1.68. The summed E-state index contributed by atoms with van der Waals surface area (Å²) in [5.41, 5.74) is 0. The third-order valence-electron chi connectivity index (χ3n) is 0.616. The van der Waals surface area contributed by atoms with E-state index in [-0.39, 0.29) is 0 Å². The van der Waals surface area contributed by atoms with Gasteiger partial charge in [0.05, 0.1) is 0 Å². The number of hydrogen-bond donors (Lipinski definition) is 0. The Morgan fingerprint density at radius 2 is 1.57 bits per heavy atom. The van der Waals surface area contributed by atoms with Gasteiger partial charge in [-0.1, -0.05) is 11.8 Å². The van der Waals surface area contributed by atoms with E-state index in [0.717, 1.165) is 0 Å². The highest BCUT2D eigenvalue weighted by atomic mass is 19.4. The highest BCUT2D eigenvalue weighted by molar-refractivity contribution is 5.32. The third-order valence-corrected chi connectivity index (χ3v) is 0.616. The summed E-state index contributed by atoms with van der Waals surface area (Å²) in [5, 5.41) is 0. The molecule has 1 aliphatic rings. The Hall–Kier alpha value is -0.650. The topological polar surface area (TPSA) is 0 Å². The molecule has 0 aromatic carbocycles. The molecule has 0 aliphatic heterocycles. The van der Waals surface area contributed by atoms with E-state index in [1.807, 2.05) is 11.8 Å². The van der Waals surface area contributed by atoms with Gasteiger partial charge in [-0.2, -0.15) is 13.2 Å². The zero-order valence-electron chi connectivity index (χ0n) is 3.21. The van der Waals surface area contributed by atoms with Crippen LogP contribution in [0.15, 0.2) is 0 Å². The van der Waals surface area contributed by atoms with Gasteiger partial charge in [0.15, 0.2) is 5.92 Å². The molecule has 0 nitrogen and oxygen atoms in total. The van der Waals surface area contributed by atoms with E-state index in [1.165, 1.54) is 0 Å². The van der Waals surface area contributed by atoms with E-state index in [9.17, 15) is 13.2 Å². The zero-order valence-corrected chi connectivity index (χ0v) is 3.21. The van der Waals surface area contributed by atoms with Crippen LogP contribution in [-0.4, -0.2) is 6.18 Å². The van der Waals surface area contributed by atoms with Crippen molar-refractivity contribution >= 4 is 0 Å². The summed E-state index contributed by atoms with van der Waals surface area (Å²) in [6, 6.07) is 0. The summed E-state index contributed by atoms with van der Waals surface area (Å²) in [5.74, 6) is 2.35. The summed E-state index contributed by atoms with van der Waals surface area (Å²) in [4.78, 5) is 0. The molecule has 0 amide bonds. The lowest BCUT2D eigenvalue weighted by Gasteiger charge is -1.98. The molecule has 0 aromatic heterocycles. The van der Waals surface area contributed by atoms with Crippen LogP contribution in [0.25, 0.3) is 0 Å². The first kappa shape index (κ1) is 4.51. The van der Waals surface area contributed by atoms with Gasteiger partial charge >= 0.3 is 6.18 Å². The van der Waals surface area contributed by atoms with Gasteiger partial charge in [-0.15, -0.1) is 0 Å². The molecular formula is C4HF3. The van der Waals surface area contributed by atoms with E-state index in [0.29, 0.717) is 0 Å². The summed E-state index contributed by atoms with van der Waals surface area (Å²) >= 11 is 0. The summed E-state index contributed by atoms with van der Waals surface area (Å²) in [6.07, 6.45) is -4.11. The van der Waals surface area contributed by atoms with Gasteiger partial charge in [0, 0.05) is 0 Å². The lowest BCUT2D eigenvalue weighted by Crippen LogP contribution is -2.11. The summed E-state index contributed by atoms with van der Waals surface area (Å²) in [6.45, 7) is 0. The van der Waals surface area contributed by atoms with Crippen molar-refractivity contribution in [3.05, 3.63) is 0 Å². The SMILES string of the molecule is FC(F)(F)C1C#C1. The van der Waals surface area contributed by atoms with E-state index in [4.69, 9.17) is 0 Å². The summed E-state index contributed by atoms with van der Waals surface area (Å²) < 4.78 is 33.3. The molecule has 0 bridgehead atoms. The molecule has 38 valence electrons. The van der Waals surface area contributed by atoms with Crippen LogP contribution in [0.3, 0.4) is 0 Å². The molecule has 7 heavy (non-hydrogen) atoms. The zero-order chi connectivity index (χ0) is 5.49. The Labute approximate surface area is 38.3 Å². The predicted molar refractivity (Wildman–Crippen MR) is 17.3 cm³/mol. The Morgan fingerprint density at radius 1 is 1.14 bits per heavy atom. The van der Waals surface area contributed by atoms with Crippen molar-refractivity contribution in [2.45, 2.75) is 6.18 Å². The van der Waals surface area contributed by atoms with Gasteiger partial charge in [-0.3, -0.25) is 0 Å². The Kier molecular flexibility index (Phi) is 0.609. The largest absolute Gasteiger partial charge is 0.413 e. The molecule has 0 unspecified atom stereocenters. The first-order valence-corrected chi connectivity index (χ1v) is 1.68. The van der Waals surface area contributed by atoms with Gasteiger partial charge in [-0.25, -0.2) is 0 Å². The molecule has 0 aromatic rings. The van der Waals surface area contributed by atoms with Crippen molar-refractivity contribution in [2.24, 2.45) is 5.92 Å². The quantitative estimate of drug-likeness (QED) is 0.407. The van der Waals surface area contributed by atoms with Crippen molar-refractivity contribution < 1.29 is 13.2 Å². The minimum absolute atomic E-state index is 1.45. The van der Waals surface area contributed by atoms with Crippen LogP contribution in [0, 0.1) is 17.8 Å². The molecule has 0 saturated heterocycles. The van der Waals surface area contributed by atoms with Crippen LogP contribution in [0.2, 0.25) is 0 Å². The number of rotatable bonds is 0. The number of halogens is 3. The maximum absolute atomic E-state index is 11.1. The van der Waals surface area contributed by atoms with Crippen LogP contribution < -0.4 is 0 Å². The standard InChI is InChI=1S/C4HF3/c5-4(6,7)3-1-2-3/h3H. The fourth-order valence-electron chi connectivity index (χ4n) is 0.205. The Morgan fingerprint density at radius 3 is 1.57 bits per heavy atom. The normalized spacial score (nSPS) is 18.1. The van der Waals surface area contributed by atoms with Gasteiger partial charge in [-0.05, 0) is 0 Å². The van der Waals surface area contributed by atoms with Gasteiger partial charge in [0.2, 0.25) is 0 Å². The molecule has 0 atom stereocenters. The second-order valence-electron chi connectivity index (χ2n) is 1.26. The van der Waals surface area contributed by atoms with Crippen LogP contribution in [0.4, 0.5) is 13.2 Å². The lowest BCUT2D eigenvalue weighted by atomic mass is 10.4. The van der Waals surface area contributed by atoms with Gasteiger partial charge in [0.1, 0.15) is 0 Å². The van der Waals surface area contributed by atoms with E-state index in [1.54, 1.807) is 0 Å². The average Bonchev–Trinajstić information content (AvgIpc) is 1.99. The van der Waals surface area contributed by atoms with Crippen molar-refractivity contribution in [3.63, 3.8) is 0 Å². The van der Waals surface area contributed by atoms with Crippen molar-refractivity contribution in [3.8, 4) is 11.8 Å². The predicted octanol–water partition coefficient (Wildman–Crippen LogP) is 1.18. The first-order chi connectivity index (χ1) is 3.11. The van der Waals surface area contributed by atoms with Gasteiger partial charge < -0.3 is 0 Å². The fraction of sp³-hybridized carbons (Fsp3) is 0.500. The monoisotopic (exact) mass is 106 g/mol. The smallest absolute Gasteiger partial charge is 0.169 e. The Balaban J connectivity index is 2.39. The highest BCUT2D eigenvalue weighted by Crippen LogP contribution is 2.29. The average molecular weight is 106 g/mol.